The molecular weight excluding hydrogens is 194 g/mol. The van der Waals surface area contributed by atoms with Crippen molar-refractivity contribution in [1.82, 2.24) is 4.90 Å². The molecule has 1 nitrogen and oxygen atoms in total. The Morgan fingerprint density at radius 2 is 1.69 bits per heavy atom. The van der Waals surface area contributed by atoms with Gasteiger partial charge in [0.05, 0.1) is 0 Å². The normalized spacial score (nSPS) is 26.6. The fourth-order valence-electron chi connectivity index (χ4n) is 3.58. The van der Waals surface area contributed by atoms with E-state index in [4.69, 9.17) is 0 Å². The Labute approximate surface area is 101 Å². The van der Waals surface area contributed by atoms with Crippen LogP contribution in [-0.2, 0) is 0 Å². The van der Waals surface area contributed by atoms with Gasteiger partial charge in [-0.1, -0.05) is 27.7 Å². The summed E-state index contributed by atoms with van der Waals surface area (Å²) in [6.07, 6.45) is 7.02. The van der Waals surface area contributed by atoms with Crippen LogP contribution in [0.3, 0.4) is 0 Å². The van der Waals surface area contributed by atoms with Gasteiger partial charge in [-0.2, -0.15) is 0 Å². The van der Waals surface area contributed by atoms with Crippen molar-refractivity contribution in [2.24, 2.45) is 11.8 Å². The Balaban J connectivity index is 2.35. The van der Waals surface area contributed by atoms with Crippen molar-refractivity contribution >= 4 is 0 Å². The maximum absolute atomic E-state index is 2.76. The zero-order valence-corrected chi connectivity index (χ0v) is 11.4. The molecule has 1 saturated heterocycles. The van der Waals surface area contributed by atoms with Gasteiger partial charge in [0, 0.05) is 18.3 Å². The van der Waals surface area contributed by atoms with E-state index in [1.54, 1.807) is 11.3 Å². The summed E-state index contributed by atoms with van der Waals surface area (Å²) in [7, 11) is 0. The average Bonchev–Trinajstić information content (AvgIpc) is 2.56. The Morgan fingerprint density at radius 3 is 2.31 bits per heavy atom. The molecule has 0 aromatic carbocycles. The Bertz CT molecular complexity index is 275. The number of rotatable bonds is 2. The van der Waals surface area contributed by atoms with E-state index < -0.39 is 0 Å². The third-order valence-electron chi connectivity index (χ3n) is 4.24. The first kappa shape index (κ1) is 12.0. The van der Waals surface area contributed by atoms with Crippen molar-refractivity contribution < 1.29 is 0 Å². The molecule has 0 saturated carbocycles. The molecule has 16 heavy (non-hydrogen) atoms. The lowest BCUT2D eigenvalue weighted by Crippen LogP contribution is -2.31. The van der Waals surface area contributed by atoms with Crippen LogP contribution in [0, 0.1) is 11.8 Å². The number of nitrogens with zero attached hydrogens (tertiary/aromatic N) is 1. The highest BCUT2D eigenvalue weighted by atomic mass is 15.2. The van der Waals surface area contributed by atoms with Crippen molar-refractivity contribution in [3.8, 4) is 0 Å². The second-order valence-corrected chi connectivity index (χ2v) is 6.10. The van der Waals surface area contributed by atoms with Crippen LogP contribution in [0.4, 0.5) is 0 Å². The van der Waals surface area contributed by atoms with E-state index in [0.29, 0.717) is 5.92 Å². The van der Waals surface area contributed by atoms with Crippen LogP contribution < -0.4 is 0 Å². The molecule has 0 amide bonds. The first-order valence-electron chi connectivity index (χ1n) is 7.10. The first-order chi connectivity index (χ1) is 7.61. The lowest BCUT2D eigenvalue weighted by Gasteiger charge is -2.32. The van der Waals surface area contributed by atoms with E-state index in [2.05, 4.69) is 32.6 Å². The van der Waals surface area contributed by atoms with Crippen molar-refractivity contribution in [3.05, 3.63) is 11.3 Å². The summed E-state index contributed by atoms with van der Waals surface area (Å²) in [5.74, 6) is 1.44. The Kier molecular flexibility index (Phi) is 3.61. The van der Waals surface area contributed by atoms with E-state index in [-0.39, 0.29) is 0 Å². The molecule has 0 aliphatic carbocycles. The minimum Gasteiger partial charge on any atom is -0.372 e. The van der Waals surface area contributed by atoms with Crippen molar-refractivity contribution in [2.45, 2.75) is 65.8 Å². The van der Waals surface area contributed by atoms with E-state index in [1.807, 2.05) is 0 Å². The lowest BCUT2D eigenvalue weighted by atomic mass is 9.92. The molecule has 0 aromatic rings. The topological polar surface area (TPSA) is 3.24 Å². The summed E-state index contributed by atoms with van der Waals surface area (Å²) in [4.78, 5) is 2.76. The van der Waals surface area contributed by atoms with Crippen LogP contribution in [0.25, 0.3) is 0 Å². The SMILES string of the molecule is CC(C)C1=C(C(C)C)N2CCCC2CCC1. The number of fused-ring (bicyclic) bond motifs is 1. The monoisotopic (exact) mass is 221 g/mol. The number of hydrogen-bond acceptors (Lipinski definition) is 1. The maximum atomic E-state index is 2.76. The third kappa shape index (κ3) is 2.14. The molecule has 0 aromatic heterocycles. The van der Waals surface area contributed by atoms with Gasteiger partial charge in [-0.3, -0.25) is 0 Å². The molecule has 1 heteroatoms. The van der Waals surface area contributed by atoms with Gasteiger partial charge in [-0.05, 0) is 49.5 Å². The second kappa shape index (κ2) is 4.81. The summed E-state index contributed by atoms with van der Waals surface area (Å²) in [5.41, 5.74) is 3.45. The maximum Gasteiger partial charge on any atom is 0.0287 e. The highest BCUT2D eigenvalue weighted by Gasteiger charge is 2.31. The standard InChI is InChI=1S/C15H27N/c1-11(2)14-9-5-7-13-8-6-10-16(13)15(14)12(3)4/h11-13H,5-10H2,1-4H3. The quantitative estimate of drug-likeness (QED) is 0.675. The smallest absolute Gasteiger partial charge is 0.0287 e. The number of allylic oxidation sites excluding steroid dienone is 2. The second-order valence-electron chi connectivity index (χ2n) is 6.10. The van der Waals surface area contributed by atoms with Gasteiger partial charge in [-0.15, -0.1) is 0 Å². The fourth-order valence-corrected chi connectivity index (χ4v) is 3.58. The van der Waals surface area contributed by atoms with E-state index in [9.17, 15) is 0 Å². The number of hydrogen-bond donors (Lipinski definition) is 0. The van der Waals surface area contributed by atoms with Crippen molar-refractivity contribution in [3.63, 3.8) is 0 Å². The highest BCUT2D eigenvalue weighted by molar-refractivity contribution is 5.20. The fraction of sp³-hybridized carbons (Fsp3) is 0.867. The molecule has 0 bridgehead atoms. The summed E-state index contributed by atoms with van der Waals surface area (Å²) < 4.78 is 0. The van der Waals surface area contributed by atoms with Gasteiger partial charge in [0.25, 0.3) is 0 Å². The summed E-state index contributed by atoms with van der Waals surface area (Å²) in [5, 5.41) is 0. The van der Waals surface area contributed by atoms with Gasteiger partial charge in [0.1, 0.15) is 0 Å². The molecule has 1 atom stereocenters. The Hall–Kier alpha value is -0.460. The summed E-state index contributed by atoms with van der Waals surface area (Å²) >= 11 is 0. The molecule has 2 heterocycles. The van der Waals surface area contributed by atoms with Gasteiger partial charge in [-0.25, -0.2) is 0 Å². The van der Waals surface area contributed by atoms with E-state index in [0.717, 1.165) is 12.0 Å². The van der Waals surface area contributed by atoms with Gasteiger partial charge < -0.3 is 4.90 Å². The van der Waals surface area contributed by atoms with Gasteiger partial charge in [0.2, 0.25) is 0 Å². The van der Waals surface area contributed by atoms with Crippen molar-refractivity contribution in [1.29, 1.82) is 0 Å². The molecule has 0 N–H and O–H groups in total. The molecule has 0 radical (unpaired) electrons. The molecule has 2 rings (SSSR count). The zero-order chi connectivity index (χ0) is 11.7. The summed E-state index contributed by atoms with van der Waals surface area (Å²) in [6.45, 7) is 10.8. The van der Waals surface area contributed by atoms with Crippen LogP contribution in [0.5, 0.6) is 0 Å². The average molecular weight is 221 g/mol. The van der Waals surface area contributed by atoms with Crippen LogP contribution >= 0.6 is 0 Å². The molecule has 0 spiro atoms. The highest BCUT2D eigenvalue weighted by Crippen LogP contribution is 2.38. The van der Waals surface area contributed by atoms with E-state index >= 15 is 0 Å². The Morgan fingerprint density at radius 1 is 1.00 bits per heavy atom. The van der Waals surface area contributed by atoms with Crippen LogP contribution in [0.1, 0.15) is 59.8 Å². The predicted octanol–water partition coefficient (Wildman–Crippen LogP) is 4.20. The molecular formula is C15H27N. The molecule has 2 aliphatic rings. The van der Waals surface area contributed by atoms with Crippen molar-refractivity contribution in [2.75, 3.05) is 6.54 Å². The van der Waals surface area contributed by atoms with E-state index in [1.165, 1.54) is 38.6 Å². The molecule has 2 aliphatic heterocycles. The van der Waals surface area contributed by atoms with Crippen LogP contribution in [0.15, 0.2) is 11.3 Å². The lowest BCUT2D eigenvalue weighted by molar-refractivity contribution is 0.282. The van der Waals surface area contributed by atoms with Gasteiger partial charge >= 0.3 is 0 Å². The third-order valence-corrected chi connectivity index (χ3v) is 4.24. The first-order valence-corrected chi connectivity index (χ1v) is 7.10. The predicted molar refractivity (Wildman–Crippen MR) is 70.3 cm³/mol. The van der Waals surface area contributed by atoms with Gasteiger partial charge in [0.15, 0.2) is 0 Å². The largest absolute Gasteiger partial charge is 0.372 e. The minimum absolute atomic E-state index is 0.705. The minimum atomic E-state index is 0.705. The molecule has 92 valence electrons. The summed E-state index contributed by atoms with van der Waals surface area (Å²) in [6, 6.07) is 0.869. The zero-order valence-electron chi connectivity index (χ0n) is 11.4. The van der Waals surface area contributed by atoms with Crippen LogP contribution in [0.2, 0.25) is 0 Å². The van der Waals surface area contributed by atoms with Crippen LogP contribution in [-0.4, -0.2) is 17.5 Å². The molecule has 1 fully saturated rings. The molecule has 1 unspecified atom stereocenters.